The molecular weight excluding hydrogens is 436 g/mol. The van der Waals surface area contributed by atoms with Gasteiger partial charge in [0.1, 0.15) is 0 Å². The summed E-state index contributed by atoms with van der Waals surface area (Å²) in [6.07, 6.45) is 1.74. The van der Waals surface area contributed by atoms with Crippen LogP contribution < -0.4 is 15.0 Å². The van der Waals surface area contributed by atoms with Gasteiger partial charge in [-0.1, -0.05) is 55.8 Å². The second kappa shape index (κ2) is 10.7. The number of carbonyl (C=O) groups excluding carboxylic acids is 1. The van der Waals surface area contributed by atoms with Crippen molar-refractivity contribution in [1.29, 1.82) is 0 Å². The summed E-state index contributed by atoms with van der Waals surface area (Å²) in [4.78, 5) is 21.2. The first-order valence-electron chi connectivity index (χ1n) is 11.2. The monoisotopic (exact) mass is 464 g/mol. The third kappa shape index (κ3) is 5.83. The topological polar surface area (TPSA) is 57.7 Å². The van der Waals surface area contributed by atoms with Crippen LogP contribution in [-0.2, 0) is 11.3 Å². The molecule has 0 bridgehead atoms. The van der Waals surface area contributed by atoms with Gasteiger partial charge in [0.25, 0.3) is 0 Å². The van der Waals surface area contributed by atoms with Crippen molar-refractivity contribution < 1.29 is 9.53 Å². The van der Waals surface area contributed by atoms with E-state index in [-0.39, 0.29) is 11.9 Å². The van der Waals surface area contributed by atoms with Gasteiger partial charge < -0.3 is 15.0 Å². The molecule has 0 aliphatic carbocycles. The SMILES string of the molecule is CC(C)C(=O)Oc1cccnc1N1CCN(Cc2ccccc2Nc2ccccc2Cl)CC1. The third-order valence-electron chi connectivity index (χ3n) is 5.66. The van der Waals surface area contributed by atoms with Crippen LogP contribution >= 0.6 is 11.6 Å². The minimum Gasteiger partial charge on any atom is -0.422 e. The van der Waals surface area contributed by atoms with Crippen LogP contribution in [-0.4, -0.2) is 42.0 Å². The molecule has 3 aromatic rings. The summed E-state index contributed by atoms with van der Waals surface area (Å²) >= 11 is 6.34. The highest BCUT2D eigenvalue weighted by Crippen LogP contribution is 2.29. The summed E-state index contributed by atoms with van der Waals surface area (Å²) in [5.41, 5.74) is 3.17. The Kier molecular flexibility index (Phi) is 7.47. The predicted octanol–water partition coefficient (Wildman–Crippen LogP) is 5.36. The molecule has 6 nitrogen and oxygen atoms in total. The van der Waals surface area contributed by atoms with Crippen molar-refractivity contribution in [2.45, 2.75) is 20.4 Å². The minimum atomic E-state index is -0.245. The number of aromatic nitrogens is 1. The number of esters is 1. The highest BCUT2D eigenvalue weighted by atomic mass is 35.5. The zero-order valence-corrected chi connectivity index (χ0v) is 19.8. The lowest BCUT2D eigenvalue weighted by atomic mass is 10.1. The number of ether oxygens (including phenoxy) is 1. The molecular formula is C26H29ClN4O2. The number of pyridine rings is 1. The molecule has 1 N–H and O–H groups in total. The van der Waals surface area contributed by atoms with Crippen LogP contribution in [0.15, 0.2) is 66.9 Å². The highest BCUT2D eigenvalue weighted by molar-refractivity contribution is 6.33. The molecule has 0 unspecified atom stereocenters. The number of benzene rings is 2. The molecule has 0 atom stereocenters. The van der Waals surface area contributed by atoms with Crippen LogP contribution in [0, 0.1) is 5.92 Å². The van der Waals surface area contributed by atoms with Crippen LogP contribution in [0.2, 0.25) is 5.02 Å². The van der Waals surface area contributed by atoms with Crippen LogP contribution in [0.25, 0.3) is 0 Å². The van der Waals surface area contributed by atoms with Gasteiger partial charge >= 0.3 is 5.97 Å². The molecule has 1 saturated heterocycles. The van der Waals surface area contributed by atoms with Crippen molar-refractivity contribution in [3.63, 3.8) is 0 Å². The maximum absolute atomic E-state index is 12.1. The molecule has 2 aromatic carbocycles. The van der Waals surface area contributed by atoms with E-state index >= 15 is 0 Å². The second-order valence-corrected chi connectivity index (χ2v) is 8.83. The Labute approximate surface area is 200 Å². The lowest BCUT2D eigenvalue weighted by Gasteiger charge is -2.36. The zero-order valence-electron chi connectivity index (χ0n) is 19.0. The van der Waals surface area contributed by atoms with E-state index in [9.17, 15) is 4.79 Å². The number of para-hydroxylation sites is 2. The van der Waals surface area contributed by atoms with Crippen LogP contribution in [0.3, 0.4) is 0 Å². The maximum atomic E-state index is 12.1. The average molecular weight is 465 g/mol. The van der Waals surface area contributed by atoms with Crippen molar-refractivity contribution in [3.8, 4) is 5.75 Å². The molecule has 1 aliphatic heterocycles. The summed E-state index contributed by atoms with van der Waals surface area (Å²) in [7, 11) is 0. The molecule has 0 radical (unpaired) electrons. The van der Waals surface area contributed by atoms with Gasteiger partial charge in [-0.3, -0.25) is 9.69 Å². The molecule has 1 aliphatic rings. The summed E-state index contributed by atoms with van der Waals surface area (Å²) in [6.45, 7) is 7.87. The van der Waals surface area contributed by atoms with E-state index < -0.39 is 0 Å². The lowest BCUT2D eigenvalue weighted by molar-refractivity contribution is -0.137. The first-order chi connectivity index (χ1) is 16.0. The van der Waals surface area contributed by atoms with Crippen molar-refractivity contribution in [3.05, 3.63) is 77.4 Å². The van der Waals surface area contributed by atoms with E-state index in [1.165, 1.54) is 5.56 Å². The molecule has 7 heteroatoms. The van der Waals surface area contributed by atoms with E-state index in [2.05, 4.69) is 38.3 Å². The fraction of sp³-hybridized carbons (Fsp3) is 0.308. The molecule has 0 amide bonds. The lowest BCUT2D eigenvalue weighted by Crippen LogP contribution is -2.46. The molecule has 1 aromatic heterocycles. The van der Waals surface area contributed by atoms with Crippen molar-refractivity contribution in [2.75, 3.05) is 36.4 Å². The Hall–Kier alpha value is -3.09. The smallest absolute Gasteiger partial charge is 0.313 e. The van der Waals surface area contributed by atoms with Crippen LogP contribution in [0.1, 0.15) is 19.4 Å². The van der Waals surface area contributed by atoms with Gasteiger partial charge in [0.15, 0.2) is 11.6 Å². The van der Waals surface area contributed by atoms with E-state index in [4.69, 9.17) is 16.3 Å². The number of halogens is 1. The molecule has 0 spiro atoms. The number of rotatable bonds is 7. The molecule has 4 rings (SSSR count). The number of anilines is 3. The van der Waals surface area contributed by atoms with Gasteiger partial charge in [-0.15, -0.1) is 0 Å². The van der Waals surface area contributed by atoms with Gasteiger partial charge in [0.2, 0.25) is 0 Å². The Balaban J connectivity index is 1.40. The van der Waals surface area contributed by atoms with E-state index in [1.54, 1.807) is 12.3 Å². The standard InChI is InChI=1S/C26H29ClN4O2/c1-19(2)26(32)33-24-12-7-13-28-25(24)31-16-14-30(15-17-31)18-20-8-3-5-10-22(20)29-23-11-6-4-9-21(23)27/h3-13,19,29H,14-18H2,1-2H3. The first-order valence-corrected chi connectivity index (χ1v) is 11.6. The number of nitrogens with one attached hydrogen (secondary N) is 1. The number of hydrogen-bond donors (Lipinski definition) is 1. The highest BCUT2D eigenvalue weighted by Gasteiger charge is 2.23. The van der Waals surface area contributed by atoms with Crippen molar-refractivity contribution in [2.24, 2.45) is 5.92 Å². The Morgan fingerprint density at radius 2 is 1.70 bits per heavy atom. The number of carbonyl (C=O) groups is 1. The van der Waals surface area contributed by atoms with E-state index in [1.807, 2.05) is 50.2 Å². The van der Waals surface area contributed by atoms with E-state index in [0.717, 1.165) is 49.9 Å². The largest absolute Gasteiger partial charge is 0.422 e. The second-order valence-electron chi connectivity index (χ2n) is 8.43. The minimum absolute atomic E-state index is 0.186. The van der Waals surface area contributed by atoms with E-state index in [0.29, 0.717) is 10.8 Å². The quantitative estimate of drug-likeness (QED) is 0.475. The predicted molar refractivity (Wildman–Crippen MR) is 133 cm³/mol. The molecule has 172 valence electrons. The fourth-order valence-corrected chi connectivity index (χ4v) is 3.96. The van der Waals surface area contributed by atoms with Crippen LogP contribution in [0.4, 0.5) is 17.2 Å². The fourth-order valence-electron chi connectivity index (χ4n) is 3.77. The molecule has 0 saturated carbocycles. The summed E-state index contributed by atoms with van der Waals surface area (Å²) in [5, 5.41) is 4.17. The van der Waals surface area contributed by atoms with Crippen molar-refractivity contribution in [1.82, 2.24) is 9.88 Å². The average Bonchev–Trinajstić information content (AvgIpc) is 2.82. The maximum Gasteiger partial charge on any atom is 0.313 e. The first kappa shape index (κ1) is 23.1. The van der Waals surface area contributed by atoms with Gasteiger partial charge in [-0.2, -0.15) is 0 Å². The molecule has 33 heavy (non-hydrogen) atoms. The zero-order chi connectivity index (χ0) is 23.2. The summed E-state index contributed by atoms with van der Waals surface area (Å²) < 4.78 is 5.59. The molecule has 2 heterocycles. The summed E-state index contributed by atoms with van der Waals surface area (Å²) in [5.74, 6) is 0.825. The van der Waals surface area contributed by atoms with Gasteiger partial charge in [0, 0.05) is 44.6 Å². The van der Waals surface area contributed by atoms with Crippen molar-refractivity contribution >= 4 is 34.8 Å². The van der Waals surface area contributed by atoms with Crippen LogP contribution in [0.5, 0.6) is 5.75 Å². The Bertz CT molecular complexity index is 1100. The third-order valence-corrected chi connectivity index (χ3v) is 5.99. The number of nitrogens with zero attached hydrogens (tertiary/aromatic N) is 3. The summed E-state index contributed by atoms with van der Waals surface area (Å²) in [6, 6.07) is 19.7. The number of hydrogen-bond acceptors (Lipinski definition) is 6. The Morgan fingerprint density at radius 1 is 1.00 bits per heavy atom. The number of piperazine rings is 1. The van der Waals surface area contributed by atoms with Gasteiger partial charge in [0.05, 0.1) is 16.6 Å². The Morgan fingerprint density at radius 3 is 2.42 bits per heavy atom. The molecule has 1 fully saturated rings. The van der Waals surface area contributed by atoms with Gasteiger partial charge in [-0.05, 0) is 35.9 Å². The normalized spacial score (nSPS) is 14.4. The van der Waals surface area contributed by atoms with Gasteiger partial charge in [-0.25, -0.2) is 4.98 Å².